The maximum absolute atomic E-state index is 3.88. The summed E-state index contributed by atoms with van der Waals surface area (Å²) in [5.74, 6) is 0. The first-order chi connectivity index (χ1) is 22.4. The molecule has 5 heterocycles. The predicted octanol–water partition coefficient (Wildman–Crippen LogP) is 10.7. The zero-order valence-corrected chi connectivity index (χ0v) is 46.1. The number of fused-ring (bicyclic) bond motifs is 3. The van der Waals surface area contributed by atoms with E-state index < -0.39 is 54.0 Å². The van der Waals surface area contributed by atoms with Crippen molar-refractivity contribution >= 4 is 159 Å². The van der Waals surface area contributed by atoms with E-state index >= 15 is 0 Å². The van der Waals surface area contributed by atoms with Crippen molar-refractivity contribution < 1.29 is 0 Å². The minimum absolute atomic E-state index is 1.30. The van der Waals surface area contributed by atoms with Gasteiger partial charge in [0.05, 0.1) is 25.9 Å². The molecule has 0 atom stereocenters. The normalized spacial score (nSPS) is 13.8. The quantitative estimate of drug-likeness (QED) is 0.146. The summed E-state index contributed by atoms with van der Waals surface area (Å²) in [6, 6.07) is 11.5. The zero-order chi connectivity index (χ0) is 36.8. The van der Waals surface area contributed by atoms with E-state index in [0.29, 0.717) is 0 Å². The molecule has 1 aliphatic rings. The molecule has 0 N–H and O–H groups in total. The first-order valence-corrected chi connectivity index (χ1v) is 41.2. The summed E-state index contributed by atoms with van der Waals surface area (Å²) in [6.07, 6.45) is 0. The molecule has 0 unspecified atom stereocenters. The van der Waals surface area contributed by atoms with E-state index in [2.05, 4.69) is 191 Å². The summed E-state index contributed by atoms with van der Waals surface area (Å²) in [5.41, 5.74) is 6.25. The minimum atomic E-state index is -2.18. The Balaban J connectivity index is 0.000000196. The predicted molar refractivity (Wildman–Crippen MR) is 253 cm³/mol. The molecular weight excluding hydrogens is 1070 g/mol. The van der Waals surface area contributed by atoms with Crippen molar-refractivity contribution in [2.45, 2.75) is 106 Å². The molecule has 11 heteroatoms. The van der Waals surface area contributed by atoms with Crippen molar-refractivity contribution in [3.8, 4) is 19.5 Å². The van der Waals surface area contributed by atoms with Gasteiger partial charge in [-0.1, -0.05) is 39.3 Å². The Labute approximate surface area is 342 Å². The van der Waals surface area contributed by atoms with Crippen molar-refractivity contribution in [3.05, 3.63) is 61.5 Å². The number of halogens is 2. The second-order valence-corrected chi connectivity index (χ2v) is 52.7. The molecule has 6 rings (SSSR count). The Bertz CT molecular complexity index is 1900. The average Bonchev–Trinajstić information content (AvgIpc) is 3.73. The van der Waals surface area contributed by atoms with Crippen LogP contribution in [0, 0.1) is 27.7 Å². The van der Waals surface area contributed by atoms with E-state index in [1.54, 1.807) is 42.2 Å². The molecule has 0 aliphatic carbocycles. The van der Waals surface area contributed by atoms with Crippen LogP contribution >= 0.6 is 77.2 Å². The van der Waals surface area contributed by atoms with Crippen molar-refractivity contribution in [2.75, 3.05) is 0 Å². The van der Waals surface area contributed by atoms with E-state index in [4.69, 9.17) is 0 Å². The molecule has 0 saturated heterocycles. The van der Waals surface area contributed by atoms with Gasteiger partial charge >= 0.3 is 184 Å². The molecule has 0 radical (unpaired) electrons. The third-order valence-electron chi connectivity index (χ3n) is 8.98. The molecular formula is C38H53BiBr2S4Si4. The van der Waals surface area contributed by atoms with Gasteiger partial charge in [0.25, 0.3) is 0 Å². The molecule has 0 spiro atoms. The number of hydrogen-bond acceptors (Lipinski definition) is 4. The Morgan fingerprint density at radius 1 is 0.429 bits per heavy atom. The second-order valence-electron chi connectivity index (χ2n) is 17.5. The van der Waals surface area contributed by atoms with Gasteiger partial charge in [0.15, 0.2) is 0 Å². The number of hydrogen-bond donors (Lipinski definition) is 0. The van der Waals surface area contributed by atoms with Crippen molar-refractivity contribution in [3.63, 3.8) is 0 Å². The van der Waals surface area contributed by atoms with Crippen LogP contribution in [0.3, 0.4) is 0 Å². The summed E-state index contributed by atoms with van der Waals surface area (Å²) in [6.45, 7) is 39.1. The van der Waals surface area contributed by atoms with Crippen LogP contribution in [0.2, 0.25) is 78.6 Å². The van der Waals surface area contributed by atoms with Crippen LogP contribution in [0.25, 0.3) is 19.5 Å². The molecule has 0 saturated carbocycles. The fourth-order valence-corrected chi connectivity index (χ4v) is 39.7. The van der Waals surface area contributed by atoms with Crippen LogP contribution in [0.5, 0.6) is 0 Å². The van der Waals surface area contributed by atoms with Crippen LogP contribution in [-0.4, -0.2) is 54.0 Å². The van der Waals surface area contributed by atoms with Gasteiger partial charge in [0.1, 0.15) is 0 Å². The van der Waals surface area contributed by atoms with Crippen LogP contribution in [0.1, 0.15) is 22.3 Å². The van der Waals surface area contributed by atoms with E-state index in [1.807, 2.05) is 29.2 Å². The van der Waals surface area contributed by atoms with Gasteiger partial charge in [-0.3, -0.25) is 0 Å². The maximum atomic E-state index is 3.88. The number of rotatable bonds is 6. The third kappa shape index (κ3) is 7.81. The summed E-state index contributed by atoms with van der Waals surface area (Å²) in [5, 5.41) is 0. The monoisotopic (exact) mass is 1120 g/mol. The Morgan fingerprint density at radius 3 is 1.00 bits per heavy atom. The van der Waals surface area contributed by atoms with Crippen LogP contribution < -0.4 is 27.8 Å². The van der Waals surface area contributed by atoms with Crippen molar-refractivity contribution in [1.82, 2.24) is 0 Å². The van der Waals surface area contributed by atoms with Crippen LogP contribution in [0.4, 0.5) is 0 Å². The van der Waals surface area contributed by atoms with Gasteiger partial charge < -0.3 is 0 Å². The van der Waals surface area contributed by atoms with Gasteiger partial charge in [-0.25, -0.2) is 0 Å². The topological polar surface area (TPSA) is 0 Å². The number of thiophene rings is 4. The molecule has 0 fully saturated rings. The van der Waals surface area contributed by atoms with Gasteiger partial charge in [-0.15, -0.1) is 22.7 Å². The summed E-state index contributed by atoms with van der Waals surface area (Å²) < 4.78 is 14.6. The Hall–Kier alpha value is 0.731. The van der Waals surface area contributed by atoms with Crippen molar-refractivity contribution in [1.29, 1.82) is 0 Å². The van der Waals surface area contributed by atoms with E-state index in [0.717, 1.165) is 0 Å². The van der Waals surface area contributed by atoms with Gasteiger partial charge in [-0.2, -0.15) is 0 Å². The molecule has 4 aromatic heterocycles. The van der Waals surface area contributed by atoms with E-state index in [1.165, 1.54) is 29.8 Å². The van der Waals surface area contributed by atoms with E-state index in [9.17, 15) is 0 Å². The molecule has 0 nitrogen and oxygen atoms in total. The standard InChI is InChI=1S/C16H24Br2S2Si2.C16H24S2Si2.C6H5.Bi/c1-9-11(17)13(19-15(9)21(3,4)5)14-12(18)10(2)16(20-14)22(6,7)8;1-11-9-13(17-15(11)19(3,4)5)14-10-12(2)16(18-14)20(6,7)8;1-2-4-6-5-3-1;/h1-8H3;1-8H3;1-5H;. The van der Waals surface area contributed by atoms with Crippen LogP contribution in [0.15, 0.2) is 39.3 Å². The number of benzene rings is 1. The molecule has 1 aromatic carbocycles. The fourth-order valence-electron chi connectivity index (χ4n) is 6.94. The first kappa shape index (κ1) is 40.9. The Morgan fingerprint density at radius 2 is 0.714 bits per heavy atom. The zero-order valence-electron chi connectivity index (χ0n) is 32.2. The molecule has 264 valence electrons. The molecule has 5 aromatic rings. The van der Waals surface area contributed by atoms with Crippen LogP contribution in [-0.2, 0) is 0 Å². The average molecular weight is 1120 g/mol. The second kappa shape index (κ2) is 14.4. The SMILES string of the molecule is Cc1c([Si](C)(C)C)sc(-c2sc([Si](C)(C)C)c(C)c2Br)c1Br.Cc1c([Si](C)(C)C)sc2[c]1[Bi]([c]1ccccc1)[c]1c-2sc([Si](C)(C)C)c1C. The first-order valence-electron chi connectivity index (χ1n) is 17.1. The van der Waals surface area contributed by atoms with Gasteiger partial charge in [0.2, 0.25) is 0 Å². The molecule has 0 bridgehead atoms. The molecule has 1 aliphatic heterocycles. The molecule has 0 amide bonds. The summed E-state index contributed by atoms with van der Waals surface area (Å²) in [4.78, 5) is 6.19. The molecule has 49 heavy (non-hydrogen) atoms. The van der Waals surface area contributed by atoms with Crippen molar-refractivity contribution in [2.24, 2.45) is 0 Å². The summed E-state index contributed by atoms with van der Waals surface area (Å²) >= 11 is 13.9. The fraction of sp³-hybridized carbons (Fsp3) is 0.421. The van der Waals surface area contributed by atoms with E-state index in [-0.39, 0.29) is 0 Å². The van der Waals surface area contributed by atoms with Gasteiger partial charge in [0, 0.05) is 8.95 Å². The summed E-state index contributed by atoms with van der Waals surface area (Å²) in [7, 11) is -5.19. The Kier molecular flexibility index (Phi) is 12.0. The van der Waals surface area contributed by atoms with Gasteiger partial charge in [-0.05, 0) is 65.8 Å². The third-order valence-corrected chi connectivity index (χ3v) is 44.0.